The lowest BCUT2D eigenvalue weighted by atomic mass is 9.83. The number of anilines is 1. The lowest BCUT2D eigenvalue weighted by molar-refractivity contribution is -0.114. The molecule has 0 spiro atoms. The van der Waals surface area contributed by atoms with Crippen molar-refractivity contribution in [3.63, 3.8) is 0 Å². The third-order valence-electron chi connectivity index (χ3n) is 6.30. The summed E-state index contributed by atoms with van der Waals surface area (Å²) in [6.45, 7) is 6.94. The molecule has 34 heavy (non-hydrogen) atoms. The van der Waals surface area contributed by atoms with Crippen molar-refractivity contribution in [2.24, 2.45) is 0 Å². The van der Waals surface area contributed by atoms with Gasteiger partial charge in [0, 0.05) is 29.8 Å². The van der Waals surface area contributed by atoms with Gasteiger partial charge < -0.3 is 10.1 Å². The summed E-state index contributed by atoms with van der Waals surface area (Å²) in [5.74, 6) is 0.233. The van der Waals surface area contributed by atoms with E-state index in [0.29, 0.717) is 22.7 Å². The molecular weight excluding hydrogens is 436 g/mol. The Morgan fingerprint density at radius 1 is 1.03 bits per heavy atom. The number of nitrogens with one attached hydrogen (secondary N) is 1. The predicted molar refractivity (Wildman–Crippen MR) is 126 cm³/mol. The molecular formula is C25H24N4O5. The largest absolute Gasteiger partial charge is 0.483 e. The number of carbonyl (C=O) groups is 2. The SMILES string of the molecule is CC(=O)Nc1ccc2c(c1)OC(C)(C)C1=CCn3c(=O)n(-c4ccc(C(C)=O)cc4)c(=O)n3C12. The van der Waals surface area contributed by atoms with Gasteiger partial charge >= 0.3 is 11.4 Å². The molecule has 2 aromatic carbocycles. The van der Waals surface area contributed by atoms with Crippen molar-refractivity contribution < 1.29 is 14.3 Å². The van der Waals surface area contributed by atoms with Gasteiger partial charge in [0.15, 0.2) is 5.78 Å². The van der Waals surface area contributed by atoms with E-state index in [0.717, 1.165) is 15.7 Å². The topological polar surface area (TPSA) is 104 Å². The maximum Gasteiger partial charge on any atom is 0.352 e. The zero-order valence-electron chi connectivity index (χ0n) is 19.3. The number of benzene rings is 2. The highest BCUT2D eigenvalue weighted by molar-refractivity contribution is 5.94. The van der Waals surface area contributed by atoms with Crippen LogP contribution in [0.3, 0.4) is 0 Å². The van der Waals surface area contributed by atoms with Crippen molar-refractivity contribution in [1.82, 2.24) is 13.9 Å². The third kappa shape index (κ3) is 3.23. The highest BCUT2D eigenvalue weighted by atomic mass is 16.5. The van der Waals surface area contributed by atoms with E-state index in [2.05, 4.69) is 5.32 Å². The Hall–Kier alpha value is -4.14. The van der Waals surface area contributed by atoms with E-state index in [4.69, 9.17) is 4.74 Å². The Morgan fingerprint density at radius 3 is 2.38 bits per heavy atom. The van der Waals surface area contributed by atoms with Gasteiger partial charge in [0.1, 0.15) is 17.4 Å². The van der Waals surface area contributed by atoms with E-state index in [1.165, 1.54) is 23.2 Å². The van der Waals surface area contributed by atoms with Crippen LogP contribution in [0.25, 0.3) is 5.69 Å². The molecule has 0 saturated carbocycles. The number of aromatic nitrogens is 3. The third-order valence-corrected chi connectivity index (χ3v) is 6.30. The number of allylic oxidation sites excluding steroid dienone is 1. The minimum Gasteiger partial charge on any atom is -0.483 e. The van der Waals surface area contributed by atoms with Gasteiger partial charge in [-0.1, -0.05) is 12.1 Å². The Balaban J connectivity index is 1.69. The molecule has 0 bridgehead atoms. The molecule has 0 radical (unpaired) electrons. The van der Waals surface area contributed by atoms with E-state index in [9.17, 15) is 19.2 Å². The number of fused-ring (bicyclic) bond motifs is 5. The lowest BCUT2D eigenvalue weighted by Gasteiger charge is -2.42. The molecule has 3 heterocycles. The lowest BCUT2D eigenvalue weighted by Crippen LogP contribution is -2.46. The first kappa shape index (κ1) is 21.7. The van der Waals surface area contributed by atoms with Gasteiger partial charge in [-0.15, -0.1) is 0 Å². The summed E-state index contributed by atoms with van der Waals surface area (Å²) in [5, 5.41) is 2.75. The second kappa shape index (κ2) is 7.44. The van der Waals surface area contributed by atoms with Gasteiger partial charge in [-0.25, -0.2) is 23.5 Å². The smallest absolute Gasteiger partial charge is 0.352 e. The van der Waals surface area contributed by atoms with Gasteiger partial charge in [-0.2, -0.15) is 0 Å². The van der Waals surface area contributed by atoms with Gasteiger partial charge in [0.05, 0.1) is 12.2 Å². The molecule has 0 aliphatic carbocycles. The van der Waals surface area contributed by atoms with E-state index in [-0.39, 0.29) is 18.2 Å². The van der Waals surface area contributed by atoms with Crippen LogP contribution in [-0.2, 0) is 11.3 Å². The van der Waals surface area contributed by atoms with Crippen LogP contribution in [0.4, 0.5) is 5.69 Å². The van der Waals surface area contributed by atoms with Crippen LogP contribution in [0, 0.1) is 0 Å². The van der Waals surface area contributed by atoms with E-state index >= 15 is 0 Å². The molecule has 0 saturated heterocycles. The Kier molecular flexibility index (Phi) is 4.75. The first-order chi connectivity index (χ1) is 16.1. The molecule has 1 aromatic heterocycles. The molecule has 1 N–H and O–H groups in total. The first-order valence-corrected chi connectivity index (χ1v) is 11.0. The van der Waals surface area contributed by atoms with Crippen molar-refractivity contribution in [3.8, 4) is 11.4 Å². The number of carbonyl (C=O) groups excluding carboxylic acids is 2. The van der Waals surface area contributed by atoms with Crippen LogP contribution in [0.2, 0.25) is 0 Å². The highest BCUT2D eigenvalue weighted by Crippen LogP contribution is 2.46. The van der Waals surface area contributed by atoms with Crippen LogP contribution in [0.15, 0.2) is 63.7 Å². The van der Waals surface area contributed by atoms with Crippen molar-refractivity contribution in [2.45, 2.75) is 45.9 Å². The Bertz CT molecular complexity index is 1500. The molecule has 9 nitrogen and oxygen atoms in total. The summed E-state index contributed by atoms with van der Waals surface area (Å²) in [5.41, 5.74) is 1.39. The minimum absolute atomic E-state index is 0.0969. The van der Waals surface area contributed by atoms with Crippen LogP contribution in [0.1, 0.15) is 49.7 Å². The second-order valence-corrected chi connectivity index (χ2v) is 9.04. The second-order valence-electron chi connectivity index (χ2n) is 9.04. The number of rotatable bonds is 3. The monoisotopic (exact) mass is 460 g/mol. The number of ether oxygens (including phenoxy) is 1. The van der Waals surface area contributed by atoms with E-state index in [1.54, 1.807) is 42.5 Å². The molecule has 5 rings (SSSR count). The van der Waals surface area contributed by atoms with Gasteiger partial charge in [-0.05, 0) is 56.7 Å². The first-order valence-electron chi connectivity index (χ1n) is 11.0. The zero-order chi connectivity index (χ0) is 24.4. The summed E-state index contributed by atoms with van der Waals surface area (Å²) in [7, 11) is 0. The fourth-order valence-electron chi connectivity index (χ4n) is 4.74. The maximum atomic E-state index is 13.7. The predicted octanol–water partition coefficient (Wildman–Crippen LogP) is 2.66. The number of nitrogens with zero attached hydrogens (tertiary/aromatic N) is 3. The van der Waals surface area contributed by atoms with Crippen LogP contribution in [-0.4, -0.2) is 31.2 Å². The van der Waals surface area contributed by atoms with Crippen molar-refractivity contribution >= 4 is 17.4 Å². The summed E-state index contributed by atoms with van der Waals surface area (Å²) < 4.78 is 10.3. The summed E-state index contributed by atoms with van der Waals surface area (Å²) in [6, 6.07) is 11.1. The molecule has 1 atom stereocenters. The zero-order valence-corrected chi connectivity index (χ0v) is 19.3. The van der Waals surface area contributed by atoms with Gasteiger partial charge in [-0.3, -0.25) is 9.59 Å². The molecule has 2 aliphatic heterocycles. The van der Waals surface area contributed by atoms with Crippen molar-refractivity contribution in [2.75, 3.05) is 5.32 Å². The quantitative estimate of drug-likeness (QED) is 0.478. The molecule has 2 aliphatic rings. The number of amides is 1. The van der Waals surface area contributed by atoms with E-state index in [1.807, 2.05) is 19.9 Å². The average Bonchev–Trinajstić information content (AvgIpc) is 3.03. The molecule has 9 heteroatoms. The molecule has 174 valence electrons. The van der Waals surface area contributed by atoms with Crippen molar-refractivity contribution in [3.05, 3.63) is 86.2 Å². The standard InChI is InChI=1S/C25H24N4O5/c1-14(30)16-5-8-18(9-6-16)28-23(32)27-12-11-20-22(29(27)24(28)33)19-10-7-17(26-15(2)31)13-21(19)34-25(20,3)4/h5-11,13,22H,12H2,1-4H3,(H,26,31). The normalized spacial score (nSPS) is 17.5. The Labute approximate surface area is 194 Å². The van der Waals surface area contributed by atoms with Crippen LogP contribution in [0.5, 0.6) is 5.75 Å². The molecule has 1 unspecified atom stereocenters. The molecule has 1 amide bonds. The van der Waals surface area contributed by atoms with Crippen molar-refractivity contribution in [1.29, 1.82) is 0 Å². The summed E-state index contributed by atoms with van der Waals surface area (Å²) in [4.78, 5) is 50.1. The summed E-state index contributed by atoms with van der Waals surface area (Å²) >= 11 is 0. The number of hydrogen-bond donors (Lipinski definition) is 1. The van der Waals surface area contributed by atoms with Gasteiger partial charge in [0.25, 0.3) is 0 Å². The number of hydrogen-bond acceptors (Lipinski definition) is 5. The van der Waals surface area contributed by atoms with E-state index < -0.39 is 23.0 Å². The fourth-order valence-corrected chi connectivity index (χ4v) is 4.74. The fraction of sp³-hybridized carbons (Fsp3) is 0.280. The highest BCUT2D eigenvalue weighted by Gasteiger charge is 2.43. The molecule has 0 fully saturated rings. The molecule has 3 aromatic rings. The minimum atomic E-state index is -0.738. The number of ketones is 1. The Morgan fingerprint density at radius 2 is 1.74 bits per heavy atom. The number of Topliss-reactive ketones (excluding diaryl/α,β-unsaturated/α-hetero) is 1. The van der Waals surface area contributed by atoms with Crippen LogP contribution < -0.4 is 21.4 Å². The summed E-state index contributed by atoms with van der Waals surface area (Å²) in [6.07, 6.45) is 1.93. The maximum absolute atomic E-state index is 13.7. The van der Waals surface area contributed by atoms with Gasteiger partial charge in [0.2, 0.25) is 5.91 Å². The average molecular weight is 460 g/mol. The van der Waals surface area contributed by atoms with Crippen LogP contribution >= 0.6 is 0 Å².